The van der Waals surface area contributed by atoms with Gasteiger partial charge in [-0.2, -0.15) is 4.72 Å². The van der Waals surface area contributed by atoms with Gasteiger partial charge in [-0.15, -0.1) is 0 Å². The number of piperidine rings is 1. The van der Waals surface area contributed by atoms with Crippen LogP contribution in [0.2, 0.25) is 0 Å². The molecule has 0 bridgehead atoms. The predicted octanol–water partition coefficient (Wildman–Crippen LogP) is 1.83. The van der Waals surface area contributed by atoms with Gasteiger partial charge in [0.1, 0.15) is 6.04 Å². The minimum absolute atomic E-state index is 0.0436. The number of carbonyl (C=O) groups excluding carboxylic acids is 1. The van der Waals surface area contributed by atoms with Crippen LogP contribution >= 0.6 is 0 Å². The van der Waals surface area contributed by atoms with E-state index in [1.165, 1.54) is 18.2 Å². The van der Waals surface area contributed by atoms with Crippen LogP contribution in [0.3, 0.4) is 0 Å². The number of sulfonamides is 1. The fourth-order valence-electron chi connectivity index (χ4n) is 3.35. The van der Waals surface area contributed by atoms with E-state index in [-0.39, 0.29) is 22.3 Å². The molecule has 0 aliphatic carbocycles. The second kappa shape index (κ2) is 7.85. The maximum Gasteiger partial charge on any atom is 0.417 e. The first kappa shape index (κ1) is 19.6. The lowest BCUT2D eigenvalue weighted by atomic mass is 10.0. The summed E-state index contributed by atoms with van der Waals surface area (Å²) in [7, 11) is -3.94. The second-order valence-electron chi connectivity index (χ2n) is 7.36. The molecule has 2 N–H and O–H groups in total. The number of rotatable bonds is 6. The van der Waals surface area contributed by atoms with Crippen molar-refractivity contribution in [2.75, 3.05) is 13.1 Å². The van der Waals surface area contributed by atoms with E-state index < -0.39 is 21.8 Å². The highest BCUT2D eigenvalue weighted by molar-refractivity contribution is 7.89. The van der Waals surface area contributed by atoms with E-state index in [1.807, 2.05) is 13.8 Å². The predicted molar refractivity (Wildman–Crippen MR) is 101 cm³/mol. The number of amides is 1. The molecule has 2 aromatic rings. The van der Waals surface area contributed by atoms with Crippen LogP contribution in [-0.4, -0.2) is 43.3 Å². The van der Waals surface area contributed by atoms with Gasteiger partial charge in [-0.3, -0.25) is 9.78 Å². The highest BCUT2D eigenvalue weighted by Crippen LogP contribution is 2.19. The molecule has 0 radical (unpaired) electrons. The minimum atomic E-state index is -3.94. The first-order chi connectivity index (χ1) is 12.8. The molecule has 0 unspecified atom stereocenters. The number of hydrogen-bond donors (Lipinski definition) is 2. The molecule has 27 heavy (non-hydrogen) atoms. The number of aromatic amines is 1. The lowest BCUT2D eigenvalue weighted by molar-refractivity contribution is -0.134. The van der Waals surface area contributed by atoms with E-state index in [2.05, 4.69) is 9.71 Å². The zero-order valence-corrected chi connectivity index (χ0v) is 16.3. The molecule has 8 nitrogen and oxygen atoms in total. The molecule has 9 heteroatoms. The molecule has 1 atom stereocenters. The van der Waals surface area contributed by atoms with Crippen LogP contribution in [0.15, 0.2) is 32.3 Å². The van der Waals surface area contributed by atoms with Crippen molar-refractivity contribution >= 4 is 27.0 Å². The monoisotopic (exact) mass is 395 g/mol. The Hall–Kier alpha value is -2.13. The highest BCUT2D eigenvalue weighted by atomic mass is 32.2. The molecule has 1 amide bonds. The number of H-pyrrole nitrogens is 1. The Morgan fingerprint density at radius 3 is 2.63 bits per heavy atom. The summed E-state index contributed by atoms with van der Waals surface area (Å²) in [5.41, 5.74) is 0.577. The fraction of sp³-hybridized carbons (Fsp3) is 0.556. The van der Waals surface area contributed by atoms with Gasteiger partial charge in [0.05, 0.1) is 10.4 Å². The standard InChI is InChI=1S/C18H25N3O5S/c1-12(2)10-15(17(22)21-8-4-3-5-9-21)20-27(24,25)13-6-7-14-16(11-13)26-18(23)19-14/h6-7,11-12,15,20H,3-5,8-10H2,1-2H3,(H,19,23)/t15-/m1/s1. The Kier molecular flexibility index (Phi) is 5.71. The van der Waals surface area contributed by atoms with Gasteiger partial charge in [0.15, 0.2) is 5.58 Å². The van der Waals surface area contributed by atoms with Gasteiger partial charge in [-0.25, -0.2) is 13.2 Å². The Bertz CT molecular complexity index is 970. The number of aromatic nitrogens is 1. The summed E-state index contributed by atoms with van der Waals surface area (Å²) in [5.74, 6) is -0.677. The van der Waals surface area contributed by atoms with Crippen LogP contribution < -0.4 is 10.5 Å². The van der Waals surface area contributed by atoms with Crippen molar-refractivity contribution in [3.8, 4) is 0 Å². The molecule has 0 saturated carbocycles. The van der Waals surface area contributed by atoms with Gasteiger partial charge >= 0.3 is 5.76 Å². The average Bonchev–Trinajstić information content (AvgIpc) is 3.00. The van der Waals surface area contributed by atoms with Crippen molar-refractivity contribution < 1.29 is 17.6 Å². The molecule has 0 spiro atoms. The minimum Gasteiger partial charge on any atom is -0.408 e. The van der Waals surface area contributed by atoms with Crippen LogP contribution in [-0.2, 0) is 14.8 Å². The average molecular weight is 395 g/mol. The molecule has 1 aromatic heterocycles. The second-order valence-corrected chi connectivity index (χ2v) is 9.08. The highest BCUT2D eigenvalue weighted by Gasteiger charge is 2.30. The summed E-state index contributed by atoms with van der Waals surface area (Å²) in [5, 5.41) is 0. The smallest absolute Gasteiger partial charge is 0.408 e. The molecule has 3 rings (SSSR count). The topological polar surface area (TPSA) is 112 Å². The Balaban J connectivity index is 1.85. The first-order valence-electron chi connectivity index (χ1n) is 9.20. The molecule has 1 saturated heterocycles. The zero-order chi connectivity index (χ0) is 19.6. The third-order valence-electron chi connectivity index (χ3n) is 4.67. The van der Waals surface area contributed by atoms with Crippen LogP contribution in [0.5, 0.6) is 0 Å². The summed E-state index contributed by atoms with van der Waals surface area (Å²) < 4.78 is 33.2. The zero-order valence-electron chi connectivity index (χ0n) is 15.5. The largest absolute Gasteiger partial charge is 0.417 e. The maximum atomic E-state index is 12.9. The van der Waals surface area contributed by atoms with E-state index >= 15 is 0 Å². The van der Waals surface area contributed by atoms with Crippen LogP contribution in [0, 0.1) is 5.92 Å². The molecule has 2 heterocycles. The third kappa shape index (κ3) is 4.59. The van der Waals surface area contributed by atoms with Gasteiger partial charge in [0.2, 0.25) is 15.9 Å². The number of benzene rings is 1. The van der Waals surface area contributed by atoms with Crippen LogP contribution in [0.1, 0.15) is 39.5 Å². The lowest BCUT2D eigenvalue weighted by Gasteiger charge is -2.31. The van der Waals surface area contributed by atoms with E-state index in [4.69, 9.17) is 4.42 Å². The summed E-state index contributed by atoms with van der Waals surface area (Å²) in [4.78, 5) is 28.3. The summed E-state index contributed by atoms with van der Waals surface area (Å²) in [6, 6.07) is 3.32. The van der Waals surface area contributed by atoms with Crippen LogP contribution in [0.25, 0.3) is 11.1 Å². The Labute approximate surface area is 158 Å². The third-order valence-corrected chi connectivity index (χ3v) is 6.14. The number of oxazole rings is 1. The van der Waals surface area contributed by atoms with Crippen molar-refractivity contribution in [2.24, 2.45) is 5.92 Å². The number of nitrogens with one attached hydrogen (secondary N) is 2. The van der Waals surface area contributed by atoms with Crippen LogP contribution in [0.4, 0.5) is 0 Å². The molecular formula is C18H25N3O5S. The lowest BCUT2D eigenvalue weighted by Crippen LogP contribution is -2.50. The SMILES string of the molecule is CC(C)C[C@@H](NS(=O)(=O)c1ccc2[nH]c(=O)oc2c1)C(=O)N1CCCCC1. The van der Waals surface area contributed by atoms with E-state index in [0.717, 1.165) is 19.3 Å². The summed E-state index contributed by atoms with van der Waals surface area (Å²) in [6.45, 7) is 5.22. The van der Waals surface area contributed by atoms with Gasteiger partial charge in [0.25, 0.3) is 0 Å². The summed E-state index contributed by atoms with van der Waals surface area (Å²) in [6.07, 6.45) is 3.38. The van der Waals surface area contributed by atoms with Gasteiger partial charge in [-0.1, -0.05) is 13.8 Å². The number of hydrogen-bond acceptors (Lipinski definition) is 5. The first-order valence-corrected chi connectivity index (χ1v) is 10.7. The Morgan fingerprint density at radius 2 is 1.96 bits per heavy atom. The van der Waals surface area contributed by atoms with E-state index in [0.29, 0.717) is 25.0 Å². The fourth-order valence-corrected chi connectivity index (χ4v) is 4.57. The number of carbonyl (C=O) groups is 1. The molecule has 1 aromatic carbocycles. The van der Waals surface area contributed by atoms with Crippen molar-refractivity contribution in [2.45, 2.75) is 50.5 Å². The van der Waals surface area contributed by atoms with E-state index in [9.17, 15) is 18.0 Å². The van der Waals surface area contributed by atoms with Crippen molar-refractivity contribution in [1.29, 1.82) is 0 Å². The molecule has 148 valence electrons. The maximum absolute atomic E-state index is 12.9. The normalized spacial score (nSPS) is 16.8. The Morgan fingerprint density at radius 1 is 1.26 bits per heavy atom. The molecular weight excluding hydrogens is 370 g/mol. The van der Waals surface area contributed by atoms with Gasteiger partial charge < -0.3 is 9.32 Å². The summed E-state index contributed by atoms with van der Waals surface area (Å²) >= 11 is 0. The number of likely N-dealkylation sites (tertiary alicyclic amines) is 1. The number of nitrogens with zero attached hydrogens (tertiary/aromatic N) is 1. The number of fused-ring (bicyclic) bond motifs is 1. The van der Waals surface area contributed by atoms with Gasteiger partial charge in [0, 0.05) is 19.2 Å². The van der Waals surface area contributed by atoms with E-state index in [1.54, 1.807) is 4.90 Å². The van der Waals surface area contributed by atoms with Crippen molar-refractivity contribution in [1.82, 2.24) is 14.6 Å². The van der Waals surface area contributed by atoms with Gasteiger partial charge in [-0.05, 0) is 43.7 Å². The molecule has 1 aliphatic rings. The quantitative estimate of drug-likeness (QED) is 0.775. The van der Waals surface area contributed by atoms with Crippen molar-refractivity contribution in [3.05, 3.63) is 28.7 Å². The molecule has 1 aliphatic heterocycles. The van der Waals surface area contributed by atoms with Crippen molar-refractivity contribution in [3.63, 3.8) is 0 Å². The molecule has 1 fully saturated rings.